The summed E-state index contributed by atoms with van der Waals surface area (Å²) in [5, 5.41) is 18.3. The predicted octanol–water partition coefficient (Wildman–Crippen LogP) is 3.69. The Morgan fingerprint density at radius 1 is 1.21 bits per heavy atom. The lowest BCUT2D eigenvalue weighted by Gasteiger charge is -2.10. The first kappa shape index (κ1) is 20.4. The molecule has 0 fully saturated rings. The van der Waals surface area contributed by atoms with E-state index in [0.29, 0.717) is 39.0 Å². The number of benzene rings is 2. The number of nitrogens with one attached hydrogen (secondary N) is 1. The van der Waals surface area contributed by atoms with Gasteiger partial charge in [0.1, 0.15) is 12.4 Å². The smallest absolute Gasteiger partial charge is 0.220 e. The van der Waals surface area contributed by atoms with Gasteiger partial charge in [-0.2, -0.15) is 10.4 Å². The highest BCUT2D eigenvalue weighted by molar-refractivity contribution is 5.88. The van der Waals surface area contributed by atoms with E-state index in [-0.39, 0.29) is 5.91 Å². The second kappa shape index (κ2) is 9.74. The lowest BCUT2D eigenvalue weighted by Crippen LogP contribution is -2.28. The van der Waals surface area contributed by atoms with E-state index in [4.69, 9.17) is 10.00 Å². The number of nitriles is 1. The minimum absolute atomic E-state index is 0.00454. The van der Waals surface area contributed by atoms with Crippen molar-refractivity contribution in [2.75, 3.05) is 13.2 Å². The van der Waals surface area contributed by atoms with Crippen LogP contribution < -0.4 is 10.1 Å². The number of aryl methyl sites for hydroxylation is 2. The summed E-state index contributed by atoms with van der Waals surface area (Å²) in [7, 11) is 0. The predicted molar refractivity (Wildman–Crippen MR) is 113 cm³/mol. The van der Waals surface area contributed by atoms with E-state index < -0.39 is 0 Å². The van der Waals surface area contributed by atoms with E-state index in [9.17, 15) is 4.79 Å². The summed E-state index contributed by atoms with van der Waals surface area (Å²) < 4.78 is 7.71. The van der Waals surface area contributed by atoms with Gasteiger partial charge in [-0.15, -0.1) is 0 Å². The van der Waals surface area contributed by atoms with Crippen LogP contribution in [0.1, 0.15) is 29.8 Å². The van der Waals surface area contributed by atoms with Gasteiger partial charge in [-0.3, -0.25) is 9.48 Å². The lowest BCUT2D eigenvalue weighted by molar-refractivity contribution is -0.121. The Hall–Kier alpha value is -3.33. The molecule has 0 aliphatic heterocycles. The highest BCUT2D eigenvalue weighted by Gasteiger charge is 2.13. The van der Waals surface area contributed by atoms with Gasteiger partial charge in [0.15, 0.2) is 0 Å². The van der Waals surface area contributed by atoms with E-state index >= 15 is 0 Å². The summed E-state index contributed by atoms with van der Waals surface area (Å²) in [6.07, 6.45) is 1.47. The first-order valence-electron chi connectivity index (χ1n) is 9.87. The van der Waals surface area contributed by atoms with Crippen molar-refractivity contribution in [2.45, 2.75) is 39.7 Å². The topological polar surface area (TPSA) is 79.9 Å². The van der Waals surface area contributed by atoms with Crippen molar-refractivity contribution in [2.24, 2.45) is 0 Å². The number of aromatic nitrogens is 2. The molecule has 0 atom stereocenters. The van der Waals surface area contributed by atoms with Crippen LogP contribution in [0.4, 0.5) is 0 Å². The fourth-order valence-electron chi connectivity index (χ4n) is 3.47. The monoisotopic (exact) mass is 390 g/mol. The van der Waals surface area contributed by atoms with Crippen molar-refractivity contribution in [3.05, 3.63) is 59.4 Å². The zero-order valence-electron chi connectivity index (χ0n) is 16.9. The van der Waals surface area contributed by atoms with Crippen molar-refractivity contribution in [3.8, 4) is 11.8 Å². The molecule has 0 saturated heterocycles. The van der Waals surface area contributed by atoms with Crippen LogP contribution in [0.15, 0.2) is 42.5 Å². The summed E-state index contributed by atoms with van der Waals surface area (Å²) in [4.78, 5) is 12.2. The number of amides is 1. The fraction of sp³-hybridized carbons (Fsp3) is 0.348. The van der Waals surface area contributed by atoms with Crippen LogP contribution in [0, 0.1) is 25.2 Å². The lowest BCUT2D eigenvalue weighted by atomic mass is 10.1. The van der Waals surface area contributed by atoms with Crippen LogP contribution in [0.3, 0.4) is 0 Å². The van der Waals surface area contributed by atoms with Gasteiger partial charge >= 0.3 is 0 Å². The zero-order chi connectivity index (χ0) is 20.6. The van der Waals surface area contributed by atoms with Crippen LogP contribution in [0.5, 0.6) is 5.75 Å². The van der Waals surface area contributed by atoms with Gasteiger partial charge in [-0.25, -0.2) is 0 Å². The third-order valence-electron chi connectivity index (χ3n) is 5.00. The molecule has 3 rings (SSSR count). The van der Waals surface area contributed by atoms with Gasteiger partial charge in [0.25, 0.3) is 0 Å². The van der Waals surface area contributed by atoms with Gasteiger partial charge in [0.05, 0.1) is 31.3 Å². The molecule has 2 aromatic carbocycles. The number of carbonyl (C=O) groups is 1. The Balaban J connectivity index is 1.45. The van der Waals surface area contributed by atoms with Crippen molar-refractivity contribution in [3.63, 3.8) is 0 Å². The summed E-state index contributed by atoms with van der Waals surface area (Å²) in [6.45, 7) is 5.40. The Morgan fingerprint density at radius 3 is 2.83 bits per heavy atom. The largest absolute Gasteiger partial charge is 0.491 e. The van der Waals surface area contributed by atoms with Gasteiger partial charge in [-0.1, -0.05) is 36.4 Å². The maximum Gasteiger partial charge on any atom is 0.220 e. The fourth-order valence-corrected chi connectivity index (χ4v) is 3.47. The van der Waals surface area contributed by atoms with E-state index in [0.717, 1.165) is 33.5 Å². The number of hydrogen-bond donors (Lipinski definition) is 1. The summed E-state index contributed by atoms with van der Waals surface area (Å²) in [5.74, 6) is 0.823. The number of rotatable bonds is 9. The Labute approximate surface area is 171 Å². The Morgan fingerprint density at radius 2 is 2.00 bits per heavy atom. The van der Waals surface area contributed by atoms with E-state index in [1.165, 1.54) is 0 Å². The van der Waals surface area contributed by atoms with Crippen LogP contribution in [-0.4, -0.2) is 28.8 Å². The molecule has 6 nitrogen and oxygen atoms in total. The number of hydrogen-bond acceptors (Lipinski definition) is 4. The molecular weight excluding hydrogens is 364 g/mol. The van der Waals surface area contributed by atoms with Gasteiger partial charge in [0, 0.05) is 17.5 Å². The number of carbonyl (C=O) groups excluding carboxylic acids is 1. The molecule has 1 amide bonds. The second-order valence-corrected chi connectivity index (χ2v) is 6.96. The van der Waals surface area contributed by atoms with E-state index in [1.54, 1.807) is 0 Å². The highest BCUT2D eigenvalue weighted by atomic mass is 16.5. The zero-order valence-corrected chi connectivity index (χ0v) is 16.9. The average molecular weight is 390 g/mol. The molecule has 6 heteroatoms. The van der Waals surface area contributed by atoms with Crippen molar-refractivity contribution in [1.29, 1.82) is 5.26 Å². The third kappa shape index (κ3) is 5.14. The molecule has 0 spiro atoms. The Kier molecular flexibility index (Phi) is 6.85. The standard InChI is InChI=1S/C23H26N4O2/c1-17-20(18(2)27(26-17)15-6-13-24)11-12-23(28)25-14-16-29-22-10-5-8-19-7-3-4-9-21(19)22/h3-5,7-10H,6,11-12,14-16H2,1-2H3,(H,25,28). The van der Waals surface area contributed by atoms with Crippen molar-refractivity contribution >= 4 is 16.7 Å². The highest BCUT2D eigenvalue weighted by Crippen LogP contribution is 2.24. The summed E-state index contributed by atoms with van der Waals surface area (Å²) >= 11 is 0. The average Bonchev–Trinajstić information content (AvgIpc) is 3.00. The Bertz CT molecular complexity index is 1030. The maximum atomic E-state index is 12.2. The molecule has 1 heterocycles. The van der Waals surface area contributed by atoms with Gasteiger partial charge < -0.3 is 10.1 Å². The van der Waals surface area contributed by atoms with Crippen LogP contribution >= 0.6 is 0 Å². The van der Waals surface area contributed by atoms with E-state index in [1.807, 2.05) is 48.9 Å². The molecule has 0 aliphatic carbocycles. The van der Waals surface area contributed by atoms with E-state index in [2.05, 4.69) is 28.6 Å². The molecule has 29 heavy (non-hydrogen) atoms. The first-order chi connectivity index (χ1) is 14.1. The van der Waals surface area contributed by atoms with Crippen LogP contribution in [0.25, 0.3) is 10.8 Å². The quantitative estimate of drug-likeness (QED) is 0.565. The molecule has 150 valence electrons. The molecule has 0 unspecified atom stereocenters. The summed E-state index contributed by atoms with van der Waals surface area (Å²) in [6, 6.07) is 16.2. The molecule has 0 radical (unpaired) electrons. The minimum Gasteiger partial charge on any atom is -0.491 e. The summed E-state index contributed by atoms with van der Waals surface area (Å²) in [5.41, 5.74) is 3.04. The number of nitrogens with zero attached hydrogens (tertiary/aromatic N) is 3. The molecule has 0 aliphatic rings. The van der Waals surface area contributed by atoms with Crippen molar-refractivity contribution < 1.29 is 9.53 Å². The van der Waals surface area contributed by atoms with Gasteiger partial charge in [0.2, 0.25) is 5.91 Å². The minimum atomic E-state index is -0.00454. The SMILES string of the molecule is Cc1nn(CCC#N)c(C)c1CCC(=O)NCCOc1cccc2ccccc12. The number of ether oxygens (including phenoxy) is 1. The molecular formula is C23H26N4O2. The normalized spacial score (nSPS) is 10.7. The van der Waals surface area contributed by atoms with Crippen LogP contribution in [-0.2, 0) is 17.8 Å². The molecule has 3 aromatic rings. The molecule has 0 bridgehead atoms. The molecule has 0 saturated carbocycles. The molecule has 1 N–H and O–H groups in total. The second-order valence-electron chi connectivity index (χ2n) is 6.96. The first-order valence-corrected chi connectivity index (χ1v) is 9.87. The van der Waals surface area contributed by atoms with Crippen molar-refractivity contribution in [1.82, 2.24) is 15.1 Å². The maximum absolute atomic E-state index is 12.2. The number of fused-ring (bicyclic) bond motifs is 1. The van der Waals surface area contributed by atoms with Crippen LogP contribution in [0.2, 0.25) is 0 Å². The molecule has 1 aromatic heterocycles. The third-order valence-corrected chi connectivity index (χ3v) is 5.00. The van der Waals surface area contributed by atoms with Gasteiger partial charge in [-0.05, 0) is 37.3 Å².